The van der Waals surface area contributed by atoms with Crippen molar-refractivity contribution in [3.05, 3.63) is 59.5 Å². The summed E-state index contributed by atoms with van der Waals surface area (Å²) in [6, 6.07) is 9.56. The topological polar surface area (TPSA) is 79.3 Å². The van der Waals surface area contributed by atoms with Crippen LogP contribution in [0.2, 0.25) is 0 Å². The van der Waals surface area contributed by atoms with Crippen molar-refractivity contribution in [3.63, 3.8) is 0 Å². The van der Waals surface area contributed by atoms with Crippen molar-refractivity contribution >= 4 is 33.7 Å². The molecular weight excluding hydrogens is 450 g/mol. The average molecular weight is 488 g/mol. The van der Waals surface area contributed by atoms with Gasteiger partial charge in [-0.15, -0.1) is 6.58 Å². The molecule has 1 amide bonds. The molecule has 0 radical (unpaired) electrons. The van der Waals surface area contributed by atoms with Crippen molar-refractivity contribution in [1.29, 1.82) is 0 Å². The van der Waals surface area contributed by atoms with Crippen molar-refractivity contribution in [3.8, 4) is 0 Å². The molecule has 1 fully saturated rings. The number of allylic oxidation sites excluding steroid dienone is 1. The molecule has 0 aliphatic carbocycles. The molecule has 190 valence electrons. The van der Waals surface area contributed by atoms with Crippen LogP contribution < -0.4 is 10.5 Å². The lowest BCUT2D eigenvalue weighted by Gasteiger charge is -2.38. The maximum Gasteiger partial charge on any atom is 0.279 e. The van der Waals surface area contributed by atoms with Crippen molar-refractivity contribution in [2.24, 2.45) is 5.41 Å². The van der Waals surface area contributed by atoms with E-state index in [-0.39, 0.29) is 11.5 Å². The molecule has 0 spiro atoms. The highest BCUT2D eigenvalue weighted by Gasteiger charge is 2.30. The van der Waals surface area contributed by atoms with E-state index in [9.17, 15) is 9.59 Å². The van der Waals surface area contributed by atoms with Crippen LogP contribution in [0.15, 0.2) is 54.0 Å². The summed E-state index contributed by atoms with van der Waals surface area (Å²) in [5, 5.41) is 0.500. The van der Waals surface area contributed by atoms with Crippen molar-refractivity contribution in [2.75, 3.05) is 24.5 Å². The Labute approximate surface area is 213 Å². The zero-order valence-electron chi connectivity index (χ0n) is 21.7. The van der Waals surface area contributed by atoms with Gasteiger partial charge in [-0.2, -0.15) is 0 Å². The SMILES string of the molecule is C=CCC(C)(C)C(=O)N(CC)CCCC1CCCCN1c1ccnc2nc3ccccc3c(=O)nc12. The van der Waals surface area contributed by atoms with E-state index < -0.39 is 5.41 Å². The molecule has 3 aromatic rings. The van der Waals surface area contributed by atoms with E-state index in [1.165, 1.54) is 6.42 Å². The molecule has 0 bridgehead atoms. The van der Waals surface area contributed by atoms with Crippen molar-refractivity contribution in [1.82, 2.24) is 19.9 Å². The summed E-state index contributed by atoms with van der Waals surface area (Å²) < 4.78 is 0. The highest BCUT2D eigenvalue weighted by molar-refractivity contribution is 5.89. The van der Waals surface area contributed by atoms with Gasteiger partial charge < -0.3 is 9.80 Å². The van der Waals surface area contributed by atoms with Gasteiger partial charge in [-0.05, 0) is 63.6 Å². The Morgan fingerprint density at radius 2 is 2.03 bits per heavy atom. The molecule has 1 aliphatic heterocycles. The molecule has 3 heterocycles. The van der Waals surface area contributed by atoms with Gasteiger partial charge >= 0.3 is 0 Å². The lowest BCUT2D eigenvalue weighted by Crippen LogP contribution is -2.43. The van der Waals surface area contributed by atoms with E-state index >= 15 is 0 Å². The van der Waals surface area contributed by atoms with E-state index in [2.05, 4.69) is 26.4 Å². The molecule has 1 saturated heterocycles. The van der Waals surface area contributed by atoms with Gasteiger partial charge in [0.1, 0.15) is 5.52 Å². The van der Waals surface area contributed by atoms with Crippen LogP contribution in [0, 0.1) is 5.41 Å². The Hall–Kier alpha value is -3.35. The first kappa shape index (κ1) is 25.7. The maximum atomic E-state index is 13.1. The van der Waals surface area contributed by atoms with Crippen LogP contribution in [0.4, 0.5) is 5.69 Å². The number of carbonyl (C=O) groups excluding carboxylic acids is 1. The van der Waals surface area contributed by atoms with Crippen LogP contribution in [0.5, 0.6) is 0 Å². The third-order valence-corrected chi connectivity index (χ3v) is 7.26. The van der Waals surface area contributed by atoms with E-state index in [4.69, 9.17) is 0 Å². The van der Waals surface area contributed by atoms with Crippen molar-refractivity contribution < 1.29 is 4.79 Å². The van der Waals surface area contributed by atoms with Gasteiger partial charge in [0.25, 0.3) is 5.56 Å². The van der Waals surface area contributed by atoms with Crippen LogP contribution in [-0.4, -0.2) is 51.4 Å². The van der Waals surface area contributed by atoms with Crippen molar-refractivity contribution in [2.45, 2.75) is 65.3 Å². The summed E-state index contributed by atoms with van der Waals surface area (Å²) in [6.07, 6.45) is 9.48. The fourth-order valence-electron chi connectivity index (χ4n) is 5.30. The number of nitrogens with zero attached hydrogens (tertiary/aromatic N) is 5. The quantitative estimate of drug-likeness (QED) is 0.390. The molecule has 1 aliphatic rings. The number of rotatable bonds is 9. The number of amides is 1. The third-order valence-electron chi connectivity index (χ3n) is 7.26. The minimum atomic E-state index is -0.432. The fraction of sp³-hybridized carbons (Fsp3) is 0.483. The Morgan fingerprint density at radius 1 is 1.22 bits per heavy atom. The highest BCUT2D eigenvalue weighted by atomic mass is 16.2. The second-order valence-corrected chi connectivity index (χ2v) is 10.3. The summed E-state index contributed by atoms with van der Waals surface area (Å²) in [7, 11) is 0. The normalized spacial score (nSPS) is 16.3. The predicted octanol–water partition coefficient (Wildman–Crippen LogP) is 5.13. The number of piperidine rings is 1. The summed E-state index contributed by atoms with van der Waals surface area (Å²) in [5.41, 5.74) is 1.86. The first-order chi connectivity index (χ1) is 17.4. The number of benzene rings is 1. The zero-order valence-corrected chi connectivity index (χ0v) is 21.7. The number of carbonyl (C=O) groups is 1. The summed E-state index contributed by atoms with van der Waals surface area (Å²) in [6.45, 7) is 12.2. The summed E-state index contributed by atoms with van der Waals surface area (Å²) in [5.74, 6) is 0.184. The number of hydrogen-bond acceptors (Lipinski definition) is 6. The van der Waals surface area contributed by atoms with Crippen LogP contribution in [0.1, 0.15) is 59.3 Å². The van der Waals surface area contributed by atoms with Gasteiger partial charge in [0.05, 0.1) is 16.6 Å². The molecule has 7 nitrogen and oxygen atoms in total. The summed E-state index contributed by atoms with van der Waals surface area (Å²) in [4.78, 5) is 44.0. The highest BCUT2D eigenvalue weighted by Crippen LogP contribution is 2.31. The molecule has 1 aromatic carbocycles. The van der Waals surface area contributed by atoms with Gasteiger partial charge in [0.2, 0.25) is 5.91 Å². The fourth-order valence-corrected chi connectivity index (χ4v) is 5.30. The molecule has 1 atom stereocenters. The largest absolute Gasteiger partial charge is 0.367 e. The van der Waals surface area contributed by atoms with Crippen LogP contribution in [0.3, 0.4) is 0 Å². The average Bonchev–Trinajstić information content (AvgIpc) is 3.02. The second kappa shape index (κ2) is 11.1. The first-order valence-electron chi connectivity index (χ1n) is 13.1. The monoisotopic (exact) mass is 487 g/mol. The second-order valence-electron chi connectivity index (χ2n) is 10.3. The Kier molecular flexibility index (Phi) is 7.97. The standard InChI is InChI=1S/C29H37N5O2/c1-5-17-29(3,4)28(36)33(6-2)19-11-13-21-12-9-10-20-34(21)24-16-18-30-26-25(24)32-27(35)22-14-7-8-15-23(22)31-26/h5,7-8,14-16,18,21H,1,6,9-13,17,19-20H2,2-4H3. The number of fused-ring (bicyclic) bond motifs is 2. The number of pyridine rings is 1. The zero-order chi connectivity index (χ0) is 25.7. The molecule has 2 aromatic heterocycles. The Balaban J connectivity index is 1.57. The number of anilines is 1. The number of hydrogen-bond donors (Lipinski definition) is 0. The van der Waals surface area contributed by atoms with Gasteiger partial charge in [0.15, 0.2) is 5.65 Å². The molecule has 36 heavy (non-hydrogen) atoms. The van der Waals surface area contributed by atoms with E-state index in [1.807, 2.05) is 56.0 Å². The first-order valence-corrected chi connectivity index (χ1v) is 13.1. The van der Waals surface area contributed by atoms with E-state index in [1.54, 1.807) is 12.3 Å². The smallest absolute Gasteiger partial charge is 0.279 e. The molecule has 0 N–H and O–H groups in total. The Morgan fingerprint density at radius 3 is 2.81 bits per heavy atom. The van der Waals surface area contributed by atoms with Crippen LogP contribution in [0.25, 0.3) is 22.1 Å². The van der Waals surface area contributed by atoms with Gasteiger partial charge in [-0.25, -0.2) is 15.0 Å². The van der Waals surface area contributed by atoms with Crippen LogP contribution in [-0.2, 0) is 4.79 Å². The van der Waals surface area contributed by atoms with E-state index in [0.717, 1.165) is 44.5 Å². The molecule has 1 unspecified atom stereocenters. The van der Waals surface area contributed by atoms with Crippen LogP contribution >= 0.6 is 0 Å². The van der Waals surface area contributed by atoms with E-state index in [0.29, 0.717) is 41.1 Å². The third kappa shape index (κ3) is 5.40. The Bertz CT molecular complexity index is 1310. The number of aromatic nitrogens is 3. The minimum absolute atomic E-state index is 0.184. The maximum absolute atomic E-state index is 13.1. The lowest BCUT2D eigenvalue weighted by molar-refractivity contribution is -0.140. The molecular formula is C29H37N5O2. The number of para-hydroxylation sites is 1. The van der Waals surface area contributed by atoms with Gasteiger partial charge in [-0.3, -0.25) is 9.59 Å². The molecule has 4 rings (SSSR count). The predicted molar refractivity (Wildman–Crippen MR) is 146 cm³/mol. The lowest BCUT2D eigenvalue weighted by atomic mass is 9.87. The summed E-state index contributed by atoms with van der Waals surface area (Å²) >= 11 is 0. The molecule has 0 saturated carbocycles. The molecule has 7 heteroatoms. The van der Waals surface area contributed by atoms with Gasteiger partial charge in [-0.1, -0.05) is 32.1 Å². The van der Waals surface area contributed by atoms with Gasteiger partial charge in [0, 0.05) is 37.3 Å². The minimum Gasteiger partial charge on any atom is -0.367 e.